The van der Waals surface area contributed by atoms with Crippen molar-refractivity contribution >= 4 is 15.9 Å². The fourth-order valence-electron chi connectivity index (χ4n) is 2.02. The Labute approximate surface area is 103 Å². The molecule has 0 bridgehead atoms. The third-order valence-electron chi connectivity index (χ3n) is 2.94. The minimum absolute atomic E-state index is 0.0619. The van der Waals surface area contributed by atoms with Gasteiger partial charge in [0.1, 0.15) is 5.82 Å². The first-order valence-electron chi connectivity index (χ1n) is 5.40. The zero-order valence-corrected chi connectivity index (χ0v) is 10.4. The third-order valence-corrected chi connectivity index (χ3v) is 3.78. The maximum atomic E-state index is 13.3. The highest BCUT2D eigenvalue weighted by Crippen LogP contribution is 2.33. The number of halogens is 2. The van der Waals surface area contributed by atoms with Crippen LogP contribution in [0.1, 0.15) is 24.5 Å². The van der Waals surface area contributed by atoms with Gasteiger partial charge >= 0.3 is 0 Å². The van der Waals surface area contributed by atoms with Gasteiger partial charge in [0.15, 0.2) is 0 Å². The predicted molar refractivity (Wildman–Crippen MR) is 62.6 cm³/mol. The van der Waals surface area contributed by atoms with Crippen molar-refractivity contribution in [3.63, 3.8) is 0 Å². The van der Waals surface area contributed by atoms with Crippen molar-refractivity contribution in [2.75, 3.05) is 13.2 Å². The molecule has 2 unspecified atom stereocenters. The van der Waals surface area contributed by atoms with Crippen LogP contribution < -0.4 is 0 Å². The van der Waals surface area contributed by atoms with Crippen LogP contribution in [0, 0.1) is 11.7 Å². The van der Waals surface area contributed by atoms with Gasteiger partial charge in [0.2, 0.25) is 0 Å². The molecule has 0 amide bonds. The Hall–Kier alpha value is -0.450. The van der Waals surface area contributed by atoms with Gasteiger partial charge in [0.05, 0.1) is 17.2 Å². The van der Waals surface area contributed by atoms with E-state index in [1.807, 2.05) is 0 Å². The number of rotatable bonds is 2. The Kier molecular flexibility index (Phi) is 3.95. The molecular formula is C12H14BrFO2. The lowest BCUT2D eigenvalue weighted by Crippen LogP contribution is -2.24. The van der Waals surface area contributed by atoms with Crippen LogP contribution in [0.25, 0.3) is 0 Å². The fourth-order valence-corrected chi connectivity index (χ4v) is 2.52. The SMILES string of the molecule is OC(c1cccc(F)c1Br)C1CCCOC1. The quantitative estimate of drug-likeness (QED) is 0.906. The van der Waals surface area contributed by atoms with E-state index >= 15 is 0 Å². The van der Waals surface area contributed by atoms with E-state index in [-0.39, 0.29) is 11.7 Å². The van der Waals surface area contributed by atoms with Gasteiger partial charge in [-0.3, -0.25) is 0 Å². The molecule has 1 aliphatic rings. The van der Waals surface area contributed by atoms with Gasteiger partial charge in [-0.1, -0.05) is 12.1 Å². The predicted octanol–water partition coefficient (Wildman–Crippen LogP) is 3.05. The van der Waals surface area contributed by atoms with Gasteiger partial charge < -0.3 is 9.84 Å². The highest BCUT2D eigenvalue weighted by atomic mass is 79.9. The van der Waals surface area contributed by atoms with Crippen LogP contribution in [-0.4, -0.2) is 18.3 Å². The zero-order valence-electron chi connectivity index (χ0n) is 8.83. The summed E-state index contributed by atoms with van der Waals surface area (Å²) in [5.74, 6) is -0.278. The first-order chi connectivity index (χ1) is 7.70. The minimum atomic E-state index is -0.662. The molecule has 2 rings (SSSR count). The van der Waals surface area contributed by atoms with Crippen molar-refractivity contribution in [1.82, 2.24) is 0 Å². The lowest BCUT2D eigenvalue weighted by molar-refractivity contribution is -0.0103. The first-order valence-corrected chi connectivity index (χ1v) is 6.19. The average molecular weight is 289 g/mol. The lowest BCUT2D eigenvalue weighted by atomic mass is 9.91. The third kappa shape index (κ3) is 2.44. The zero-order chi connectivity index (χ0) is 11.5. The van der Waals surface area contributed by atoms with Crippen molar-refractivity contribution < 1.29 is 14.2 Å². The van der Waals surface area contributed by atoms with Crippen LogP contribution in [-0.2, 0) is 4.74 Å². The Bertz CT molecular complexity index is 364. The molecule has 0 aliphatic carbocycles. The Morgan fingerprint density at radius 1 is 1.50 bits per heavy atom. The van der Waals surface area contributed by atoms with Crippen molar-refractivity contribution in [2.45, 2.75) is 18.9 Å². The van der Waals surface area contributed by atoms with Crippen molar-refractivity contribution in [3.05, 3.63) is 34.1 Å². The van der Waals surface area contributed by atoms with Gasteiger partial charge in [-0.05, 0) is 40.4 Å². The number of hydrogen-bond donors (Lipinski definition) is 1. The van der Waals surface area contributed by atoms with Gasteiger partial charge in [0.25, 0.3) is 0 Å². The van der Waals surface area contributed by atoms with Crippen molar-refractivity contribution in [2.24, 2.45) is 5.92 Å². The molecule has 0 spiro atoms. The summed E-state index contributed by atoms with van der Waals surface area (Å²) in [6.45, 7) is 1.30. The molecule has 1 aromatic rings. The summed E-state index contributed by atoms with van der Waals surface area (Å²) >= 11 is 3.17. The molecule has 4 heteroatoms. The molecule has 2 nitrogen and oxygen atoms in total. The van der Waals surface area contributed by atoms with Crippen LogP contribution in [0.2, 0.25) is 0 Å². The molecule has 1 aromatic carbocycles. The fraction of sp³-hybridized carbons (Fsp3) is 0.500. The Morgan fingerprint density at radius 2 is 2.31 bits per heavy atom. The summed E-state index contributed by atoms with van der Waals surface area (Å²) in [6, 6.07) is 4.73. The number of benzene rings is 1. The largest absolute Gasteiger partial charge is 0.388 e. The second kappa shape index (κ2) is 5.25. The van der Waals surface area contributed by atoms with Gasteiger partial charge in [0, 0.05) is 12.5 Å². The Morgan fingerprint density at radius 3 is 3.00 bits per heavy atom. The molecule has 1 fully saturated rings. The summed E-state index contributed by atoms with van der Waals surface area (Å²) in [7, 11) is 0. The highest BCUT2D eigenvalue weighted by molar-refractivity contribution is 9.10. The van der Waals surface area contributed by atoms with E-state index < -0.39 is 6.10 Å². The van der Waals surface area contributed by atoms with Gasteiger partial charge in [-0.25, -0.2) is 4.39 Å². The summed E-state index contributed by atoms with van der Waals surface area (Å²) in [4.78, 5) is 0. The van der Waals surface area contributed by atoms with Crippen LogP contribution in [0.3, 0.4) is 0 Å². The van der Waals surface area contributed by atoms with Crippen LogP contribution >= 0.6 is 15.9 Å². The average Bonchev–Trinajstić information content (AvgIpc) is 2.33. The molecule has 0 radical (unpaired) electrons. The van der Waals surface area contributed by atoms with E-state index in [0.717, 1.165) is 19.4 Å². The Balaban J connectivity index is 2.19. The number of aliphatic hydroxyl groups excluding tert-OH is 1. The molecule has 1 aliphatic heterocycles. The molecule has 1 N–H and O–H groups in total. The smallest absolute Gasteiger partial charge is 0.137 e. The second-order valence-corrected chi connectivity index (χ2v) is 4.86. The van der Waals surface area contributed by atoms with E-state index in [0.29, 0.717) is 16.6 Å². The summed E-state index contributed by atoms with van der Waals surface area (Å²) in [6.07, 6.45) is 1.21. The lowest BCUT2D eigenvalue weighted by Gasteiger charge is -2.27. The summed E-state index contributed by atoms with van der Waals surface area (Å²) in [5, 5.41) is 10.2. The molecule has 16 heavy (non-hydrogen) atoms. The number of ether oxygens (including phenoxy) is 1. The molecule has 88 valence electrons. The second-order valence-electron chi connectivity index (χ2n) is 4.07. The molecule has 2 atom stereocenters. The monoisotopic (exact) mass is 288 g/mol. The first kappa shape index (κ1) is 12.0. The molecule has 1 saturated heterocycles. The van der Waals surface area contributed by atoms with E-state index in [1.54, 1.807) is 12.1 Å². The highest BCUT2D eigenvalue weighted by Gasteiger charge is 2.25. The van der Waals surface area contributed by atoms with Crippen molar-refractivity contribution in [1.29, 1.82) is 0 Å². The van der Waals surface area contributed by atoms with E-state index in [2.05, 4.69) is 15.9 Å². The number of aliphatic hydroxyl groups is 1. The molecular weight excluding hydrogens is 275 g/mol. The van der Waals surface area contributed by atoms with Crippen LogP contribution in [0.5, 0.6) is 0 Å². The standard InChI is InChI=1S/C12H14BrFO2/c13-11-9(4-1-5-10(11)14)12(15)8-3-2-6-16-7-8/h1,4-5,8,12,15H,2-3,6-7H2. The normalized spacial score (nSPS) is 23.1. The van der Waals surface area contributed by atoms with E-state index in [4.69, 9.17) is 4.74 Å². The van der Waals surface area contributed by atoms with Crippen LogP contribution in [0.15, 0.2) is 22.7 Å². The minimum Gasteiger partial charge on any atom is -0.388 e. The van der Waals surface area contributed by atoms with E-state index in [1.165, 1.54) is 6.07 Å². The molecule has 1 heterocycles. The molecule has 0 aromatic heterocycles. The number of hydrogen-bond acceptors (Lipinski definition) is 2. The van der Waals surface area contributed by atoms with E-state index in [9.17, 15) is 9.50 Å². The topological polar surface area (TPSA) is 29.5 Å². The van der Waals surface area contributed by atoms with Gasteiger partial charge in [-0.15, -0.1) is 0 Å². The summed E-state index contributed by atoms with van der Waals surface area (Å²) < 4.78 is 19.0. The van der Waals surface area contributed by atoms with Crippen molar-refractivity contribution in [3.8, 4) is 0 Å². The molecule has 0 saturated carbocycles. The maximum Gasteiger partial charge on any atom is 0.137 e. The van der Waals surface area contributed by atoms with Crippen LogP contribution in [0.4, 0.5) is 4.39 Å². The maximum absolute atomic E-state index is 13.3. The van der Waals surface area contributed by atoms with Gasteiger partial charge in [-0.2, -0.15) is 0 Å². The summed E-state index contributed by atoms with van der Waals surface area (Å²) in [5.41, 5.74) is 0.607.